The minimum absolute atomic E-state index is 0.0481. The molecule has 4 nitrogen and oxygen atoms in total. The van der Waals surface area contributed by atoms with Crippen molar-refractivity contribution >= 4 is 5.97 Å². The number of halogens is 3. The third-order valence-corrected chi connectivity index (χ3v) is 2.36. The highest BCUT2D eigenvalue weighted by Gasteiger charge is 2.51. The molecule has 84 valence electrons. The molecule has 1 aliphatic carbocycles. The predicted octanol–water partition coefficient (Wildman–Crippen LogP) is 0.865. The minimum atomic E-state index is -5.09. The number of esters is 1. The molecule has 7 heteroatoms. The van der Waals surface area contributed by atoms with Crippen LogP contribution in [0.3, 0.4) is 0 Å². The molecule has 2 atom stereocenters. The van der Waals surface area contributed by atoms with E-state index in [-0.39, 0.29) is 6.42 Å². The second-order valence-corrected chi connectivity index (χ2v) is 3.39. The van der Waals surface area contributed by atoms with Gasteiger partial charge in [0.05, 0.1) is 6.04 Å². The number of nitriles is 1. The van der Waals surface area contributed by atoms with Gasteiger partial charge in [-0.05, 0) is 12.8 Å². The Morgan fingerprint density at radius 2 is 2.20 bits per heavy atom. The Hall–Kier alpha value is -1.29. The average molecular weight is 222 g/mol. The summed E-state index contributed by atoms with van der Waals surface area (Å²) in [5.41, 5.74) is 3.64. The van der Waals surface area contributed by atoms with Crippen molar-refractivity contribution in [1.82, 2.24) is 0 Å². The fourth-order valence-corrected chi connectivity index (χ4v) is 1.51. The maximum Gasteiger partial charge on any atom is 0.490 e. The standard InChI is InChI=1S/C8H9F3N2O2/c9-8(10,11)6(14)15-7(4-12)3-1-2-5(7)13/h5H,1-3,13H2/t5-,7-/m0/s1. The summed E-state index contributed by atoms with van der Waals surface area (Å²) in [5, 5.41) is 8.73. The van der Waals surface area contributed by atoms with Crippen molar-refractivity contribution in [1.29, 1.82) is 5.26 Å². The molecule has 0 spiro atoms. The number of hydrogen-bond donors (Lipinski definition) is 1. The van der Waals surface area contributed by atoms with Crippen LogP contribution in [0.5, 0.6) is 0 Å². The molecule has 0 bridgehead atoms. The van der Waals surface area contributed by atoms with Crippen molar-refractivity contribution in [3.63, 3.8) is 0 Å². The smallest absolute Gasteiger partial charge is 0.435 e. The topological polar surface area (TPSA) is 76.1 Å². The van der Waals surface area contributed by atoms with Crippen LogP contribution in [0.15, 0.2) is 0 Å². The Morgan fingerprint density at radius 3 is 2.53 bits per heavy atom. The molecule has 1 rings (SSSR count). The van der Waals surface area contributed by atoms with E-state index in [9.17, 15) is 18.0 Å². The molecular weight excluding hydrogens is 213 g/mol. The lowest BCUT2D eigenvalue weighted by molar-refractivity contribution is -0.210. The lowest BCUT2D eigenvalue weighted by Crippen LogP contribution is -2.48. The molecule has 0 aliphatic heterocycles. The zero-order valence-electron chi connectivity index (χ0n) is 7.67. The molecule has 0 amide bonds. The van der Waals surface area contributed by atoms with E-state index in [1.165, 1.54) is 0 Å². The highest BCUT2D eigenvalue weighted by atomic mass is 19.4. The summed E-state index contributed by atoms with van der Waals surface area (Å²) in [4.78, 5) is 10.6. The molecule has 1 fully saturated rings. The zero-order valence-corrected chi connectivity index (χ0v) is 7.67. The van der Waals surface area contributed by atoms with E-state index in [4.69, 9.17) is 11.0 Å². The van der Waals surface area contributed by atoms with Gasteiger partial charge < -0.3 is 10.5 Å². The van der Waals surface area contributed by atoms with Crippen molar-refractivity contribution in [3.8, 4) is 6.07 Å². The average Bonchev–Trinajstić information content (AvgIpc) is 2.47. The summed E-state index contributed by atoms with van der Waals surface area (Å²) < 4.78 is 39.9. The van der Waals surface area contributed by atoms with Crippen molar-refractivity contribution in [3.05, 3.63) is 0 Å². The fraction of sp³-hybridized carbons (Fsp3) is 0.750. The van der Waals surface area contributed by atoms with Crippen LogP contribution in [0, 0.1) is 11.3 Å². The molecule has 0 aromatic heterocycles. The molecule has 0 heterocycles. The van der Waals surface area contributed by atoms with Crippen molar-refractivity contribution in [2.75, 3.05) is 0 Å². The lowest BCUT2D eigenvalue weighted by Gasteiger charge is -2.25. The SMILES string of the molecule is N#C[C@@]1(OC(=O)C(F)(F)F)CCC[C@@H]1N. The quantitative estimate of drug-likeness (QED) is 0.668. The van der Waals surface area contributed by atoms with Crippen LogP contribution in [-0.2, 0) is 9.53 Å². The van der Waals surface area contributed by atoms with E-state index >= 15 is 0 Å². The summed E-state index contributed by atoms with van der Waals surface area (Å²) in [6.45, 7) is 0. The maximum absolute atomic E-state index is 11.9. The molecule has 0 saturated heterocycles. The first-order valence-electron chi connectivity index (χ1n) is 4.29. The molecule has 2 N–H and O–H groups in total. The number of rotatable bonds is 1. The van der Waals surface area contributed by atoms with Crippen molar-refractivity contribution in [2.24, 2.45) is 5.73 Å². The van der Waals surface area contributed by atoms with Crippen LogP contribution in [-0.4, -0.2) is 23.8 Å². The molecule has 15 heavy (non-hydrogen) atoms. The Morgan fingerprint density at radius 1 is 1.60 bits per heavy atom. The van der Waals surface area contributed by atoms with E-state index in [1.54, 1.807) is 6.07 Å². The van der Waals surface area contributed by atoms with Crippen LogP contribution < -0.4 is 5.73 Å². The summed E-state index contributed by atoms with van der Waals surface area (Å²) in [5.74, 6) is -2.36. The Bertz CT molecular complexity index is 310. The Kier molecular flexibility index (Phi) is 2.90. The van der Waals surface area contributed by atoms with Crippen molar-refractivity contribution < 1.29 is 22.7 Å². The molecule has 0 aromatic rings. The molecule has 1 saturated carbocycles. The van der Waals surface area contributed by atoms with Gasteiger partial charge in [-0.25, -0.2) is 4.79 Å². The monoisotopic (exact) mass is 222 g/mol. The number of carbonyl (C=O) groups is 1. The third-order valence-electron chi connectivity index (χ3n) is 2.36. The normalized spacial score (nSPS) is 31.0. The van der Waals surface area contributed by atoms with Crippen LogP contribution in [0.25, 0.3) is 0 Å². The van der Waals surface area contributed by atoms with Gasteiger partial charge >= 0.3 is 12.1 Å². The van der Waals surface area contributed by atoms with E-state index < -0.39 is 23.8 Å². The maximum atomic E-state index is 11.9. The van der Waals surface area contributed by atoms with Gasteiger partial charge in [0.2, 0.25) is 5.60 Å². The van der Waals surface area contributed by atoms with E-state index in [2.05, 4.69) is 4.74 Å². The highest BCUT2D eigenvalue weighted by Crippen LogP contribution is 2.33. The Balaban J connectivity index is 2.79. The largest absolute Gasteiger partial charge is 0.490 e. The number of nitrogens with zero attached hydrogens (tertiary/aromatic N) is 1. The molecule has 1 aliphatic rings. The number of alkyl halides is 3. The van der Waals surface area contributed by atoms with Gasteiger partial charge in [0.1, 0.15) is 6.07 Å². The van der Waals surface area contributed by atoms with Gasteiger partial charge in [-0.2, -0.15) is 18.4 Å². The first-order valence-corrected chi connectivity index (χ1v) is 4.29. The van der Waals surface area contributed by atoms with Gasteiger partial charge in [0.15, 0.2) is 0 Å². The lowest BCUT2D eigenvalue weighted by atomic mass is 10.0. The second-order valence-electron chi connectivity index (χ2n) is 3.39. The Labute approximate surface area is 83.8 Å². The second kappa shape index (κ2) is 3.70. The summed E-state index contributed by atoms with van der Waals surface area (Å²) >= 11 is 0. The van der Waals surface area contributed by atoms with E-state index in [0.29, 0.717) is 12.8 Å². The summed E-state index contributed by atoms with van der Waals surface area (Å²) in [6.07, 6.45) is -4.20. The summed E-state index contributed by atoms with van der Waals surface area (Å²) in [6, 6.07) is 0.709. The third kappa shape index (κ3) is 2.21. The number of carbonyl (C=O) groups excluding carboxylic acids is 1. The van der Waals surface area contributed by atoms with Crippen LogP contribution in [0.1, 0.15) is 19.3 Å². The van der Waals surface area contributed by atoms with Gasteiger partial charge in [-0.15, -0.1) is 0 Å². The first-order chi connectivity index (χ1) is 6.82. The van der Waals surface area contributed by atoms with Gasteiger partial charge in [-0.1, -0.05) is 0 Å². The van der Waals surface area contributed by atoms with Gasteiger partial charge in [0, 0.05) is 6.42 Å². The molecule has 0 unspecified atom stereocenters. The zero-order chi connectivity index (χ0) is 11.7. The van der Waals surface area contributed by atoms with Gasteiger partial charge in [0.25, 0.3) is 0 Å². The number of ether oxygens (including phenoxy) is 1. The van der Waals surface area contributed by atoms with Crippen LogP contribution in [0.2, 0.25) is 0 Å². The molecule has 0 radical (unpaired) electrons. The summed E-state index contributed by atoms with van der Waals surface area (Å²) in [7, 11) is 0. The van der Waals surface area contributed by atoms with Crippen molar-refractivity contribution in [2.45, 2.75) is 37.1 Å². The first kappa shape index (κ1) is 11.8. The predicted molar refractivity (Wildman–Crippen MR) is 42.3 cm³/mol. The highest BCUT2D eigenvalue weighted by molar-refractivity contribution is 5.76. The minimum Gasteiger partial charge on any atom is -0.435 e. The van der Waals surface area contributed by atoms with Gasteiger partial charge in [-0.3, -0.25) is 0 Å². The van der Waals surface area contributed by atoms with E-state index in [0.717, 1.165) is 0 Å². The van der Waals surface area contributed by atoms with Crippen LogP contribution in [0.4, 0.5) is 13.2 Å². The number of nitrogens with two attached hydrogens (primary N) is 1. The fourth-order valence-electron chi connectivity index (χ4n) is 1.51. The number of hydrogen-bond acceptors (Lipinski definition) is 4. The molecule has 0 aromatic carbocycles. The molecular formula is C8H9F3N2O2. The van der Waals surface area contributed by atoms with E-state index in [1.807, 2.05) is 0 Å². The van der Waals surface area contributed by atoms with Crippen LogP contribution >= 0.6 is 0 Å².